The SMILES string of the molecule is CCNC(C)/C=C/c1cc(Br)c(O)c(OC)c1. The van der Waals surface area contributed by atoms with E-state index in [9.17, 15) is 5.11 Å². The monoisotopic (exact) mass is 299 g/mol. The van der Waals surface area contributed by atoms with E-state index >= 15 is 0 Å². The van der Waals surface area contributed by atoms with E-state index in [1.807, 2.05) is 12.1 Å². The number of ether oxygens (including phenoxy) is 1. The third-order valence-electron chi connectivity index (χ3n) is 2.37. The molecule has 0 heterocycles. The minimum Gasteiger partial charge on any atom is -0.503 e. The molecule has 3 nitrogen and oxygen atoms in total. The zero-order valence-corrected chi connectivity index (χ0v) is 11.9. The number of nitrogens with one attached hydrogen (secondary N) is 1. The lowest BCUT2D eigenvalue weighted by Gasteiger charge is -2.08. The standard InChI is InChI=1S/C13H18BrNO2/c1-4-15-9(2)5-6-10-7-11(14)13(16)12(8-10)17-3/h5-9,15-16H,4H2,1-3H3/b6-5+. The molecule has 94 valence electrons. The van der Waals surface area contributed by atoms with Gasteiger partial charge in [0, 0.05) is 6.04 Å². The van der Waals surface area contributed by atoms with Crippen LogP contribution in [0.5, 0.6) is 11.5 Å². The lowest BCUT2D eigenvalue weighted by Crippen LogP contribution is -2.22. The minimum atomic E-state index is 0.129. The fourth-order valence-electron chi connectivity index (χ4n) is 1.49. The van der Waals surface area contributed by atoms with Crippen LogP contribution in [0.15, 0.2) is 22.7 Å². The van der Waals surface area contributed by atoms with Crippen molar-refractivity contribution in [3.05, 3.63) is 28.2 Å². The van der Waals surface area contributed by atoms with Gasteiger partial charge in [-0.1, -0.05) is 19.1 Å². The van der Waals surface area contributed by atoms with E-state index in [0.29, 0.717) is 16.3 Å². The molecule has 1 aromatic carbocycles. The van der Waals surface area contributed by atoms with Gasteiger partial charge in [-0.05, 0) is 47.1 Å². The summed E-state index contributed by atoms with van der Waals surface area (Å²) in [6, 6.07) is 3.97. The van der Waals surface area contributed by atoms with Crippen LogP contribution in [-0.2, 0) is 0 Å². The molecule has 17 heavy (non-hydrogen) atoms. The fraction of sp³-hybridized carbons (Fsp3) is 0.385. The van der Waals surface area contributed by atoms with Gasteiger partial charge < -0.3 is 15.2 Å². The molecule has 0 aliphatic heterocycles. The first-order valence-corrected chi connectivity index (χ1v) is 6.35. The molecule has 1 atom stereocenters. The Kier molecular flexibility index (Phi) is 5.51. The van der Waals surface area contributed by atoms with Gasteiger partial charge >= 0.3 is 0 Å². The highest BCUT2D eigenvalue weighted by molar-refractivity contribution is 9.10. The van der Waals surface area contributed by atoms with E-state index in [0.717, 1.165) is 12.1 Å². The molecule has 1 unspecified atom stereocenters. The Labute approximate surface area is 111 Å². The van der Waals surface area contributed by atoms with E-state index < -0.39 is 0 Å². The fourth-order valence-corrected chi connectivity index (χ4v) is 1.95. The number of phenols is 1. The molecule has 4 heteroatoms. The lowest BCUT2D eigenvalue weighted by atomic mass is 10.1. The van der Waals surface area contributed by atoms with Crippen LogP contribution in [0, 0.1) is 0 Å². The third kappa shape index (κ3) is 4.06. The van der Waals surface area contributed by atoms with Gasteiger partial charge in [0.25, 0.3) is 0 Å². The lowest BCUT2D eigenvalue weighted by molar-refractivity contribution is 0.372. The maximum atomic E-state index is 9.68. The number of likely N-dealkylation sites (N-methyl/N-ethyl adjacent to an activating group) is 1. The number of methoxy groups -OCH3 is 1. The first kappa shape index (κ1) is 14.1. The summed E-state index contributed by atoms with van der Waals surface area (Å²) >= 11 is 3.30. The van der Waals surface area contributed by atoms with Gasteiger partial charge in [0.2, 0.25) is 0 Å². The van der Waals surface area contributed by atoms with Crippen molar-refractivity contribution in [2.45, 2.75) is 19.9 Å². The highest BCUT2D eigenvalue weighted by Gasteiger charge is 2.07. The van der Waals surface area contributed by atoms with E-state index in [1.165, 1.54) is 7.11 Å². The number of phenolic OH excluding ortho intramolecular Hbond substituents is 1. The number of benzene rings is 1. The smallest absolute Gasteiger partial charge is 0.172 e. The second-order valence-corrected chi connectivity index (χ2v) is 4.61. The first-order chi connectivity index (χ1) is 8.08. The van der Waals surface area contributed by atoms with Crippen molar-refractivity contribution in [3.8, 4) is 11.5 Å². The van der Waals surface area contributed by atoms with Crippen LogP contribution in [0.4, 0.5) is 0 Å². The van der Waals surface area contributed by atoms with Gasteiger partial charge in [-0.25, -0.2) is 0 Å². The van der Waals surface area contributed by atoms with Gasteiger partial charge in [0.05, 0.1) is 11.6 Å². The molecular weight excluding hydrogens is 282 g/mol. The molecule has 0 radical (unpaired) electrons. The Morgan fingerprint density at radius 3 is 2.82 bits per heavy atom. The predicted molar refractivity (Wildman–Crippen MR) is 74.5 cm³/mol. The molecule has 1 aromatic rings. The summed E-state index contributed by atoms with van der Waals surface area (Å²) in [5, 5.41) is 13.0. The number of hydrogen-bond donors (Lipinski definition) is 2. The first-order valence-electron chi connectivity index (χ1n) is 5.56. The molecule has 0 aromatic heterocycles. The van der Waals surface area contributed by atoms with Crippen molar-refractivity contribution < 1.29 is 9.84 Å². The summed E-state index contributed by atoms with van der Waals surface area (Å²) in [7, 11) is 1.54. The van der Waals surface area contributed by atoms with Crippen LogP contribution in [0.3, 0.4) is 0 Å². The van der Waals surface area contributed by atoms with Crippen molar-refractivity contribution in [1.82, 2.24) is 5.32 Å². The summed E-state index contributed by atoms with van der Waals surface area (Å²) < 4.78 is 5.72. The van der Waals surface area contributed by atoms with Crippen molar-refractivity contribution in [2.24, 2.45) is 0 Å². The quantitative estimate of drug-likeness (QED) is 0.877. The Morgan fingerprint density at radius 2 is 2.24 bits per heavy atom. The van der Waals surface area contributed by atoms with E-state index in [-0.39, 0.29) is 5.75 Å². The van der Waals surface area contributed by atoms with Gasteiger partial charge in [-0.2, -0.15) is 0 Å². The third-order valence-corrected chi connectivity index (χ3v) is 2.98. The molecule has 2 N–H and O–H groups in total. The number of hydrogen-bond acceptors (Lipinski definition) is 3. The topological polar surface area (TPSA) is 41.5 Å². The largest absolute Gasteiger partial charge is 0.503 e. The van der Waals surface area contributed by atoms with Crippen molar-refractivity contribution >= 4 is 22.0 Å². The summed E-state index contributed by atoms with van der Waals surface area (Å²) in [5.74, 6) is 0.597. The van der Waals surface area contributed by atoms with Gasteiger partial charge in [-0.3, -0.25) is 0 Å². The maximum Gasteiger partial charge on any atom is 0.172 e. The van der Waals surface area contributed by atoms with Crippen LogP contribution >= 0.6 is 15.9 Å². The van der Waals surface area contributed by atoms with Gasteiger partial charge in [-0.15, -0.1) is 0 Å². The van der Waals surface area contributed by atoms with E-state index in [4.69, 9.17) is 4.74 Å². The van der Waals surface area contributed by atoms with Crippen LogP contribution in [0.1, 0.15) is 19.4 Å². The molecule has 1 rings (SSSR count). The van der Waals surface area contributed by atoms with Gasteiger partial charge in [0.1, 0.15) is 0 Å². The van der Waals surface area contributed by atoms with Crippen molar-refractivity contribution in [2.75, 3.05) is 13.7 Å². The molecule has 0 aliphatic rings. The second-order valence-electron chi connectivity index (χ2n) is 3.76. The van der Waals surface area contributed by atoms with Crippen molar-refractivity contribution in [3.63, 3.8) is 0 Å². The number of rotatable bonds is 5. The van der Waals surface area contributed by atoms with Gasteiger partial charge in [0.15, 0.2) is 11.5 Å². The van der Waals surface area contributed by atoms with E-state index in [2.05, 4.69) is 41.2 Å². The Balaban J connectivity index is 2.88. The number of aromatic hydroxyl groups is 1. The summed E-state index contributed by atoms with van der Waals surface area (Å²) in [4.78, 5) is 0. The highest BCUT2D eigenvalue weighted by atomic mass is 79.9. The molecule has 0 aliphatic carbocycles. The molecule has 0 bridgehead atoms. The Morgan fingerprint density at radius 1 is 1.53 bits per heavy atom. The van der Waals surface area contributed by atoms with Crippen LogP contribution < -0.4 is 10.1 Å². The summed E-state index contributed by atoms with van der Waals surface area (Å²) in [6.07, 6.45) is 4.07. The zero-order valence-electron chi connectivity index (χ0n) is 10.3. The van der Waals surface area contributed by atoms with Crippen LogP contribution in [-0.4, -0.2) is 24.8 Å². The minimum absolute atomic E-state index is 0.129. The molecule has 0 saturated carbocycles. The zero-order chi connectivity index (χ0) is 12.8. The number of halogens is 1. The molecule has 0 fully saturated rings. The molecule has 0 spiro atoms. The van der Waals surface area contributed by atoms with Crippen LogP contribution in [0.25, 0.3) is 6.08 Å². The van der Waals surface area contributed by atoms with Crippen molar-refractivity contribution in [1.29, 1.82) is 0 Å². The predicted octanol–water partition coefficient (Wildman–Crippen LogP) is 3.17. The average Bonchev–Trinajstić information content (AvgIpc) is 2.31. The highest BCUT2D eigenvalue weighted by Crippen LogP contribution is 2.35. The maximum absolute atomic E-state index is 9.68. The Bertz CT molecular complexity index is 405. The van der Waals surface area contributed by atoms with Crippen LogP contribution in [0.2, 0.25) is 0 Å². The Hall–Kier alpha value is -1.00. The molecule has 0 amide bonds. The second kappa shape index (κ2) is 6.67. The molecule has 0 saturated heterocycles. The van der Waals surface area contributed by atoms with E-state index in [1.54, 1.807) is 6.07 Å². The average molecular weight is 300 g/mol. The molecular formula is C13H18BrNO2. The summed E-state index contributed by atoms with van der Waals surface area (Å²) in [6.45, 7) is 5.10. The normalized spacial score (nSPS) is 12.9. The summed E-state index contributed by atoms with van der Waals surface area (Å²) in [5.41, 5.74) is 0.983.